The van der Waals surface area contributed by atoms with Gasteiger partial charge in [0.25, 0.3) is 0 Å². The third-order valence-corrected chi connectivity index (χ3v) is 3.21. The van der Waals surface area contributed by atoms with Gasteiger partial charge in [-0.2, -0.15) is 5.10 Å². The van der Waals surface area contributed by atoms with Crippen molar-refractivity contribution >= 4 is 23.3 Å². The Kier molecular flexibility index (Phi) is 4.22. The average Bonchev–Trinajstić information content (AvgIpc) is 2.70. The number of benzene rings is 1. The van der Waals surface area contributed by atoms with Crippen LogP contribution >= 0.6 is 11.6 Å². The largest absolute Gasteiger partial charge is 0.309 e. The first-order valence-corrected chi connectivity index (χ1v) is 6.56. The zero-order valence-corrected chi connectivity index (χ0v) is 11.7. The second kappa shape index (κ2) is 5.89. The molecule has 1 heterocycles. The van der Waals surface area contributed by atoms with Crippen molar-refractivity contribution in [2.45, 2.75) is 26.7 Å². The standard InChI is InChI=1S/C14H16ClN3O/c1-3-12-9(2)14(18-17-12)16-13(19)8-10-5-4-6-11(15)7-10/h4-7H,3,8H2,1-2H3,(H2,16,17,18,19). The molecule has 19 heavy (non-hydrogen) atoms. The second-order valence-corrected chi connectivity index (χ2v) is 4.82. The lowest BCUT2D eigenvalue weighted by atomic mass is 10.1. The number of carbonyl (C=O) groups is 1. The van der Waals surface area contributed by atoms with E-state index in [1.54, 1.807) is 12.1 Å². The van der Waals surface area contributed by atoms with Gasteiger partial charge in [0.05, 0.1) is 6.42 Å². The van der Waals surface area contributed by atoms with Crippen LogP contribution in [0.25, 0.3) is 0 Å². The summed E-state index contributed by atoms with van der Waals surface area (Å²) in [6, 6.07) is 7.28. The zero-order chi connectivity index (χ0) is 13.8. The van der Waals surface area contributed by atoms with E-state index in [1.165, 1.54) is 0 Å². The molecule has 0 radical (unpaired) electrons. The minimum atomic E-state index is -0.0977. The van der Waals surface area contributed by atoms with Crippen LogP contribution in [0, 0.1) is 6.92 Å². The van der Waals surface area contributed by atoms with Crippen LogP contribution in [-0.2, 0) is 17.6 Å². The van der Waals surface area contributed by atoms with Crippen molar-refractivity contribution in [3.05, 3.63) is 46.1 Å². The maximum atomic E-state index is 11.9. The molecule has 0 spiro atoms. The van der Waals surface area contributed by atoms with Crippen molar-refractivity contribution in [3.63, 3.8) is 0 Å². The Balaban J connectivity index is 2.03. The number of carbonyl (C=O) groups excluding carboxylic acids is 1. The fourth-order valence-electron chi connectivity index (χ4n) is 1.91. The van der Waals surface area contributed by atoms with Crippen LogP contribution in [-0.4, -0.2) is 16.1 Å². The fraction of sp³-hybridized carbons (Fsp3) is 0.286. The highest BCUT2D eigenvalue weighted by Crippen LogP contribution is 2.16. The normalized spacial score (nSPS) is 10.5. The number of aromatic amines is 1. The van der Waals surface area contributed by atoms with Gasteiger partial charge in [-0.15, -0.1) is 0 Å². The van der Waals surface area contributed by atoms with Crippen LogP contribution in [0.3, 0.4) is 0 Å². The van der Waals surface area contributed by atoms with Gasteiger partial charge in [-0.25, -0.2) is 0 Å². The first-order valence-electron chi connectivity index (χ1n) is 6.18. The fourth-order valence-corrected chi connectivity index (χ4v) is 2.12. The lowest BCUT2D eigenvalue weighted by molar-refractivity contribution is -0.115. The first-order chi connectivity index (χ1) is 9.10. The summed E-state index contributed by atoms with van der Waals surface area (Å²) in [6.07, 6.45) is 1.15. The lowest BCUT2D eigenvalue weighted by Crippen LogP contribution is -2.15. The van der Waals surface area contributed by atoms with E-state index in [9.17, 15) is 4.79 Å². The molecule has 0 unspecified atom stereocenters. The van der Waals surface area contributed by atoms with E-state index in [0.29, 0.717) is 10.8 Å². The summed E-state index contributed by atoms with van der Waals surface area (Å²) in [5.74, 6) is 0.503. The first kappa shape index (κ1) is 13.6. The maximum absolute atomic E-state index is 11.9. The summed E-state index contributed by atoms with van der Waals surface area (Å²) in [6.45, 7) is 3.98. The molecule has 100 valence electrons. The molecule has 0 aliphatic rings. The van der Waals surface area contributed by atoms with Gasteiger partial charge in [0, 0.05) is 16.3 Å². The molecule has 0 atom stereocenters. The van der Waals surface area contributed by atoms with Gasteiger partial charge >= 0.3 is 0 Å². The number of hydrogen-bond donors (Lipinski definition) is 2. The minimum Gasteiger partial charge on any atom is -0.309 e. The summed E-state index contributed by atoms with van der Waals surface area (Å²) in [5, 5.41) is 10.5. The van der Waals surface area contributed by atoms with Crippen molar-refractivity contribution in [1.82, 2.24) is 10.2 Å². The molecule has 0 saturated carbocycles. The van der Waals surface area contributed by atoms with Gasteiger partial charge in [0.15, 0.2) is 5.82 Å². The number of nitrogens with zero attached hydrogens (tertiary/aromatic N) is 1. The van der Waals surface area contributed by atoms with Crippen molar-refractivity contribution in [2.24, 2.45) is 0 Å². The van der Waals surface area contributed by atoms with E-state index >= 15 is 0 Å². The minimum absolute atomic E-state index is 0.0977. The molecule has 0 fully saturated rings. The second-order valence-electron chi connectivity index (χ2n) is 4.38. The molecular formula is C14H16ClN3O. The number of H-pyrrole nitrogens is 1. The zero-order valence-electron chi connectivity index (χ0n) is 11.0. The molecule has 0 bridgehead atoms. The van der Waals surface area contributed by atoms with Crippen molar-refractivity contribution in [3.8, 4) is 0 Å². The van der Waals surface area contributed by atoms with Gasteiger partial charge in [-0.05, 0) is 31.0 Å². The molecule has 1 amide bonds. The molecule has 2 aromatic rings. The molecular weight excluding hydrogens is 262 g/mol. The molecule has 1 aromatic heterocycles. The Labute approximate surface area is 117 Å². The third-order valence-electron chi connectivity index (χ3n) is 2.98. The van der Waals surface area contributed by atoms with Crippen LogP contribution < -0.4 is 5.32 Å². The lowest BCUT2D eigenvalue weighted by Gasteiger charge is -2.04. The van der Waals surface area contributed by atoms with E-state index in [2.05, 4.69) is 15.5 Å². The van der Waals surface area contributed by atoms with Crippen molar-refractivity contribution in [2.75, 3.05) is 5.32 Å². The van der Waals surface area contributed by atoms with Crippen LogP contribution in [0.15, 0.2) is 24.3 Å². The Morgan fingerprint density at radius 2 is 2.26 bits per heavy atom. The predicted octanol–water partition coefficient (Wildman–Crippen LogP) is 3.12. The quantitative estimate of drug-likeness (QED) is 0.902. The van der Waals surface area contributed by atoms with E-state index in [-0.39, 0.29) is 12.3 Å². The SMILES string of the molecule is CCc1[nH]nc(NC(=O)Cc2cccc(Cl)c2)c1C. The molecule has 1 aromatic carbocycles. The number of nitrogens with one attached hydrogen (secondary N) is 2. The maximum Gasteiger partial charge on any atom is 0.230 e. The summed E-state index contributed by atoms with van der Waals surface area (Å²) in [5.41, 5.74) is 2.91. The number of hydrogen-bond acceptors (Lipinski definition) is 2. The highest BCUT2D eigenvalue weighted by Gasteiger charge is 2.11. The Hall–Kier alpha value is -1.81. The van der Waals surface area contributed by atoms with Gasteiger partial charge in [0.2, 0.25) is 5.91 Å². The van der Waals surface area contributed by atoms with Gasteiger partial charge in [0.1, 0.15) is 0 Å². The van der Waals surface area contributed by atoms with Crippen LogP contribution in [0.2, 0.25) is 5.02 Å². The van der Waals surface area contributed by atoms with E-state index in [1.807, 2.05) is 26.0 Å². The summed E-state index contributed by atoms with van der Waals surface area (Å²) in [7, 11) is 0. The molecule has 0 aliphatic carbocycles. The molecule has 0 saturated heterocycles. The summed E-state index contributed by atoms with van der Waals surface area (Å²) in [4.78, 5) is 11.9. The average molecular weight is 278 g/mol. The molecule has 0 aliphatic heterocycles. The highest BCUT2D eigenvalue weighted by molar-refractivity contribution is 6.30. The number of halogens is 1. The number of amides is 1. The Morgan fingerprint density at radius 1 is 1.47 bits per heavy atom. The predicted molar refractivity (Wildman–Crippen MR) is 76.5 cm³/mol. The number of aryl methyl sites for hydroxylation is 1. The third kappa shape index (κ3) is 3.35. The van der Waals surface area contributed by atoms with Crippen molar-refractivity contribution in [1.29, 1.82) is 0 Å². The van der Waals surface area contributed by atoms with E-state index < -0.39 is 0 Å². The Morgan fingerprint density at radius 3 is 2.89 bits per heavy atom. The van der Waals surface area contributed by atoms with E-state index in [4.69, 9.17) is 11.6 Å². The molecule has 2 N–H and O–H groups in total. The monoisotopic (exact) mass is 277 g/mol. The van der Waals surface area contributed by atoms with Crippen LogP contribution in [0.4, 0.5) is 5.82 Å². The van der Waals surface area contributed by atoms with Crippen molar-refractivity contribution < 1.29 is 4.79 Å². The summed E-state index contributed by atoms with van der Waals surface area (Å²) < 4.78 is 0. The molecule has 5 heteroatoms. The number of aromatic nitrogens is 2. The highest BCUT2D eigenvalue weighted by atomic mass is 35.5. The molecule has 4 nitrogen and oxygen atoms in total. The van der Waals surface area contributed by atoms with Gasteiger partial charge in [-0.3, -0.25) is 9.89 Å². The Bertz CT molecular complexity index is 592. The van der Waals surface area contributed by atoms with Crippen LogP contribution in [0.5, 0.6) is 0 Å². The smallest absolute Gasteiger partial charge is 0.230 e. The van der Waals surface area contributed by atoms with Gasteiger partial charge < -0.3 is 5.32 Å². The number of rotatable bonds is 4. The topological polar surface area (TPSA) is 57.8 Å². The van der Waals surface area contributed by atoms with Gasteiger partial charge in [-0.1, -0.05) is 30.7 Å². The summed E-state index contributed by atoms with van der Waals surface area (Å²) >= 11 is 5.89. The van der Waals surface area contributed by atoms with Crippen LogP contribution in [0.1, 0.15) is 23.7 Å². The van der Waals surface area contributed by atoms with E-state index in [0.717, 1.165) is 23.2 Å². The number of anilines is 1. The molecule has 2 rings (SSSR count).